The Balaban J connectivity index is 3.20. The van der Waals surface area contributed by atoms with Gasteiger partial charge in [-0.05, 0) is 36.6 Å². The molecule has 0 N–H and O–H groups in total. The summed E-state index contributed by atoms with van der Waals surface area (Å²) < 4.78 is 0. The number of rotatable bonds is 2. The lowest BCUT2D eigenvalue weighted by Crippen LogP contribution is -1.92. The molecular formula is C10H13N. The summed E-state index contributed by atoms with van der Waals surface area (Å²) in [6.45, 7) is 7.94. The second-order valence-corrected chi connectivity index (χ2v) is 2.54. The number of aryl methyl sites for hydroxylation is 1. The summed E-state index contributed by atoms with van der Waals surface area (Å²) in [6, 6.07) is 2.06. The topological polar surface area (TPSA) is 12.9 Å². The molecule has 1 rings (SSSR count). The molecule has 0 aliphatic rings. The molecule has 11 heavy (non-hydrogen) atoms. The summed E-state index contributed by atoms with van der Waals surface area (Å²) in [5, 5.41) is 0. The van der Waals surface area contributed by atoms with E-state index in [9.17, 15) is 0 Å². The summed E-state index contributed by atoms with van der Waals surface area (Å²) in [7, 11) is 0. The van der Waals surface area contributed by atoms with Crippen molar-refractivity contribution in [2.45, 2.75) is 20.3 Å². The van der Waals surface area contributed by atoms with E-state index in [0.29, 0.717) is 0 Å². The van der Waals surface area contributed by atoms with Gasteiger partial charge in [-0.3, -0.25) is 4.98 Å². The van der Waals surface area contributed by atoms with Crippen molar-refractivity contribution in [3.63, 3.8) is 0 Å². The summed E-state index contributed by atoms with van der Waals surface area (Å²) in [5.41, 5.74) is 3.62. The average Bonchev–Trinajstić information content (AvgIpc) is 2.05. The molecule has 1 nitrogen and oxygen atoms in total. The maximum absolute atomic E-state index is 4.19. The SMILES string of the molecule is C=Cc1nccc(CC)c1C. The van der Waals surface area contributed by atoms with Gasteiger partial charge in [-0.1, -0.05) is 13.5 Å². The van der Waals surface area contributed by atoms with E-state index in [-0.39, 0.29) is 0 Å². The Labute approximate surface area is 67.8 Å². The van der Waals surface area contributed by atoms with Gasteiger partial charge in [-0.25, -0.2) is 0 Å². The fourth-order valence-corrected chi connectivity index (χ4v) is 1.18. The fourth-order valence-electron chi connectivity index (χ4n) is 1.18. The predicted octanol–water partition coefficient (Wildman–Crippen LogP) is 2.60. The predicted molar refractivity (Wildman–Crippen MR) is 48.4 cm³/mol. The summed E-state index contributed by atoms with van der Waals surface area (Å²) in [6.07, 6.45) is 4.70. The Bertz CT molecular complexity index is 264. The monoisotopic (exact) mass is 147 g/mol. The van der Waals surface area contributed by atoms with Crippen molar-refractivity contribution >= 4 is 6.08 Å². The molecular weight excluding hydrogens is 134 g/mol. The molecule has 1 heterocycles. The first-order valence-corrected chi connectivity index (χ1v) is 3.86. The van der Waals surface area contributed by atoms with Gasteiger partial charge in [0, 0.05) is 6.20 Å². The first kappa shape index (κ1) is 7.99. The normalized spacial score (nSPS) is 9.64. The maximum Gasteiger partial charge on any atom is 0.0655 e. The van der Waals surface area contributed by atoms with Gasteiger partial charge in [0.1, 0.15) is 0 Å². The van der Waals surface area contributed by atoms with Gasteiger partial charge in [-0.2, -0.15) is 0 Å². The van der Waals surface area contributed by atoms with Crippen molar-refractivity contribution in [2.24, 2.45) is 0 Å². The highest BCUT2D eigenvalue weighted by molar-refractivity contribution is 5.48. The molecule has 0 saturated carbocycles. The molecule has 1 heteroatoms. The fraction of sp³-hybridized carbons (Fsp3) is 0.300. The molecule has 0 radical (unpaired) electrons. The number of nitrogens with zero attached hydrogens (tertiary/aromatic N) is 1. The summed E-state index contributed by atoms with van der Waals surface area (Å²) in [5.74, 6) is 0. The van der Waals surface area contributed by atoms with Gasteiger partial charge in [0.15, 0.2) is 0 Å². The molecule has 0 unspecified atom stereocenters. The largest absolute Gasteiger partial charge is 0.257 e. The Morgan fingerprint density at radius 3 is 2.91 bits per heavy atom. The van der Waals surface area contributed by atoms with Crippen LogP contribution in [0.5, 0.6) is 0 Å². The van der Waals surface area contributed by atoms with Crippen LogP contribution >= 0.6 is 0 Å². The van der Waals surface area contributed by atoms with E-state index in [1.54, 1.807) is 6.08 Å². The minimum Gasteiger partial charge on any atom is -0.257 e. The third-order valence-electron chi connectivity index (χ3n) is 1.93. The molecule has 0 amide bonds. The number of hydrogen-bond donors (Lipinski definition) is 0. The molecule has 0 aliphatic heterocycles. The van der Waals surface area contributed by atoms with E-state index in [4.69, 9.17) is 0 Å². The number of aromatic nitrogens is 1. The van der Waals surface area contributed by atoms with Crippen LogP contribution < -0.4 is 0 Å². The Hall–Kier alpha value is -1.11. The molecule has 0 atom stereocenters. The quantitative estimate of drug-likeness (QED) is 0.626. The highest BCUT2D eigenvalue weighted by Crippen LogP contribution is 2.11. The molecule has 0 aromatic carbocycles. The molecule has 0 aliphatic carbocycles. The van der Waals surface area contributed by atoms with Gasteiger partial charge in [0.25, 0.3) is 0 Å². The molecule has 0 spiro atoms. The minimum absolute atomic E-state index is 1.00. The third-order valence-corrected chi connectivity index (χ3v) is 1.93. The molecule has 0 fully saturated rings. The Morgan fingerprint density at radius 2 is 2.36 bits per heavy atom. The highest BCUT2D eigenvalue weighted by Gasteiger charge is 1.98. The van der Waals surface area contributed by atoms with Gasteiger partial charge in [0.2, 0.25) is 0 Å². The van der Waals surface area contributed by atoms with Gasteiger partial charge < -0.3 is 0 Å². The van der Waals surface area contributed by atoms with Crippen LogP contribution in [0.1, 0.15) is 23.7 Å². The van der Waals surface area contributed by atoms with Crippen LogP contribution in [0.4, 0.5) is 0 Å². The van der Waals surface area contributed by atoms with E-state index >= 15 is 0 Å². The first-order valence-electron chi connectivity index (χ1n) is 3.86. The van der Waals surface area contributed by atoms with E-state index in [1.807, 2.05) is 6.20 Å². The lowest BCUT2D eigenvalue weighted by atomic mass is 10.1. The van der Waals surface area contributed by atoms with Crippen molar-refractivity contribution in [2.75, 3.05) is 0 Å². The van der Waals surface area contributed by atoms with Crippen molar-refractivity contribution in [3.05, 3.63) is 35.7 Å². The second kappa shape index (κ2) is 3.33. The van der Waals surface area contributed by atoms with Crippen LogP contribution in [0.25, 0.3) is 6.08 Å². The van der Waals surface area contributed by atoms with E-state index in [2.05, 4.69) is 31.5 Å². The zero-order valence-electron chi connectivity index (χ0n) is 7.09. The van der Waals surface area contributed by atoms with Gasteiger partial charge >= 0.3 is 0 Å². The lowest BCUT2D eigenvalue weighted by molar-refractivity contribution is 1.07. The highest BCUT2D eigenvalue weighted by atomic mass is 14.7. The maximum atomic E-state index is 4.19. The molecule has 0 saturated heterocycles. The van der Waals surface area contributed by atoms with E-state index < -0.39 is 0 Å². The van der Waals surface area contributed by atoms with E-state index in [1.165, 1.54) is 11.1 Å². The minimum atomic E-state index is 1.00. The zero-order chi connectivity index (χ0) is 8.27. The molecule has 1 aromatic rings. The molecule has 58 valence electrons. The van der Waals surface area contributed by atoms with E-state index in [0.717, 1.165) is 12.1 Å². The third kappa shape index (κ3) is 1.48. The van der Waals surface area contributed by atoms with Gasteiger partial charge in [0.05, 0.1) is 5.69 Å². The first-order chi connectivity index (χ1) is 5.29. The van der Waals surface area contributed by atoms with Gasteiger partial charge in [-0.15, -0.1) is 0 Å². The number of hydrogen-bond acceptors (Lipinski definition) is 1. The van der Waals surface area contributed by atoms with Crippen LogP contribution in [0.3, 0.4) is 0 Å². The molecule has 1 aromatic heterocycles. The second-order valence-electron chi connectivity index (χ2n) is 2.54. The van der Waals surface area contributed by atoms with Crippen LogP contribution in [0, 0.1) is 6.92 Å². The average molecular weight is 147 g/mol. The zero-order valence-corrected chi connectivity index (χ0v) is 7.09. The van der Waals surface area contributed by atoms with Crippen LogP contribution in [0.2, 0.25) is 0 Å². The van der Waals surface area contributed by atoms with Crippen LogP contribution in [-0.2, 0) is 6.42 Å². The van der Waals surface area contributed by atoms with Crippen LogP contribution in [-0.4, -0.2) is 4.98 Å². The standard InChI is InChI=1S/C10H13N/c1-4-9-6-7-11-10(5-2)8(9)3/h5-7H,2,4H2,1,3H3. The van der Waals surface area contributed by atoms with Crippen LogP contribution in [0.15, 0.2) is 18.8 Å². The lowest BCUT2D eigenvalue weighted by Gasteiger charge is -2.03. The van der Waals surface area contributed by atoms with Crippen molar-refractivity contribution in [1.29, 1.82) is 0 Å². The van der Waals surface area contributed by atoms with Crippen molar-refractivity contribution in [3.8, 4) is 0 Å². The van der Waals surface area contributed by atoms with Crippen molar-refractivity contribution < 1.29 is 0 Å². The molecule has 0 bridgehead atoms. The summed E-state index contributed by atoms with van der Waals surface area (Å²) in [4.78, 5) is 4.19. The number of pyridine rings is 1. The Kier molecular flexibility index (Phi) is 2.42. The Morgan fingerprint density at radius 1 is 1.64 bits per heavy atom. The summed E-state index contributed by atoms with van der Waals surface area (Å²) >= 11 is 0. The smallest absolute Gasteiger partial charge is 0.0655 e. The van der Waals surface area contributed by atoms with Crippen molar-refractivity contribution in [1.82, 2.24) is 4.98 Å².